The number of hydrogen-bond donors (Lipinski definition) is 0. The molecule has 4 rings (SSSR count). The molecule has 0 aromatic carbocycles. The topological polar surface area (TPSA) is 45.9 Å². The van der Waals surface area contributed by atoms with Crippen LogP contribution in [0, 0.1) is 0 Å². The second kappa shape index (κ2) is 5.11. The van der Waals surface area contributed by atoms with Crippen molar-refractivity contribution in [2.75, 3.05) is 32.8 Å². The van der Waals surface area contributed by atoms with Crippen molar-refractivity contribution >= 4 is 21.8 Å². The summed E-state index contributed by atoms with van der Waals surface area (Å²) < 4.78 is 12.0. The Bertz CT molecular complexity index is 547. The lowest BCUT2D eigenvalue weighted by Gasteiger charge is -2.46. The molecule has 21 heavy (non-hydrogen) atoms. The fourth-order valence-corrected chi connectivity index (χ4v) is 4.07. The molecule has 1 amide bonds. The van der Waals surface area contributed by atoms with Crippen molar-refractivity contribution in [3.63, 3.8) is 0 Å². The third-order valence-corrected chi connectivity index (χ3v) is 5.30. The molecule has 3 aliphatic heterocycles. The maximum atomic E-state index is 12.3. The highest BCUT2D eigenvalue weighted by Crippen LogP contribution is 2.38. The van der Waals surface area contributed by atoms with E-state index in [9.17, 15) is 4.79 Å². The summed E-state index contributed by atoms with van der Waals surface area (Å²) in [6, 6.07) is 4.00. The van der Waals surface area contributed by atoms with Gasteiger partial charge in [0.15, 0.2) is 10.4 Å². The summed E-state index contributed by atoms with van der Waals surface area (Å²) in [7, 11) is 0. The van der Waals surface area contributed by atoms with E-state index in [1.54, 1.807) is 12.1 Å². The third kappa shape index (κ3) is 2.43. The minimum Gasteiger partial charge on any atom is -0.444 e. The average Bonchev–Trinajstić information content (AvgIpc) is 3.15. The van der Waals surface area contributed by atoms with Crippen molar-refractivity contribution in [1.82, 2.24) is 9.80 Å². The molecule has 1 aromatic rings. The van der Waals surface area contributed by atoms with E-state index in [0.717, 1.165) is 13.0 Å². The van der Waals surface area contributed by atoms with Crippen molar-refractivity contribution in [3.05, 3.63) is 22.6 Å². The SMILES string of the molecule is O=C(c1ccc(Br)o1)N1CC2(CC(N3CCCC3)CO2)C1. The molecule has 1 unspecified atom stereocenters. The summed E-state index contributed by atoms with van der Waals surface area (Å²) in [6.45, 7) is 4.59. The van der Waals surface area contributed by atoms with Crippen molar-refractivity contribution < 1.29 is 13.9 Å². The fourth-order valence-electron chi connectivity index (χ4n) is 3.76. The first-order valence-electron chi connectivity index (χ1n) is 7.58. The van der Waals surface area contributed by atoms with Crippen LogP contribution in [0.1, 0.15) is 29.8 Å². The van der Waals surface area contributed by atoms with Crippen LogP contribution in [-0.2, 0) is 4.74 Å². The Kier molecular flexibility index (Phi) is 3.35. The predicted molar refractivity (Wildman–Crippen MR) is 80.2 cm³/mol. The van der Waals surface area contributed by atoms with Crippen molar-refractivity contribution in [1.29, 1.82) is 0 Å². The van der Waals surface area contributed by atoms with Gasteiger partial charge in [0.1, 0.15) is 5.60 Å². The number of likely N-dealkylation sites (tertiary alicyclic amines) is 2. The zero-order valence-electron chi connectivity index (χ0n) is 11.9. The Morgan fingerprint density at radius 2 is 2.05 bits per heavy atom. The van der Waals surface area contributed by atoms with Crippen LogP contribution < -0.4 is 0 Å². The Morgan fingerprint density at radius 3 is 2.71 bits per heavy atom. The van der Waals surface area contributed by atoms with Gasteiger partial charge in [0.2, 0.25) is 0 Å². The summed E-state index contributed by atoms with van der Waals surface area (Å²) in [5.74, 6) is 0.352. The molecule has 0 N–H and O–H groups in total. The lowest BCUT2D eigenvalue weighted by Crippen LogP contribution is -2.63. The van der Waals surface area contributed by atoms with E-state index in [0.29, 0.717) is 29.6 Å². The summed E-state index contributed by atoms with van der Waals surface area (Å²) in [6.07, 6.45) is 3.67. The molecule has 6 heteroatoms. The highest BCUT2D eigenvalue weighted by atomic mass is 79.9. The van der Waals surface area contributed by atoms with Gasteiger partial charge in [-0.05, 0) is 60.4 Å². The van der Waals surface area contributed by atoms with E-state index in [1.807, 2.05) is 4.90 Å². The first-order valence-corrected chi connectivity index (χ1v) is 8.37. The van der Waals surface area contributed by atoms with Gasteiger partial charge in [0.05, 0.1) is 19.7 Å². The van der Waals surface area contributed by atoms with Crippen LogP contribution in [0.4, 0.5) is 0 Å². The first kappa shape index (κ1) is 13.8. The molecule has 1 aromatic heterocycles. The normalized spacial score (nSPS) is 28.2. The van der Waals surface area contributed by atoms with Crippen molar-refractivity contribution in [3.8, 4) is 0 Å². The zero-order valence-corrected chi connectivity index (χ0v) is 13.5. The van der Waals surface area contributed by atoms with Gasteiger partial charge in [-0.1, -0.05) is 0 Å². The van der Waals surface area contributed by atoms with Crippen molar-refractivity contribution in [2.24, 2.45) is 0 Å². The number of hydrogen-bond acceptors (Lipinski definition) is 4. The summed E-state index contributed by atoms with van der Waals surface area (Å²) in [5.41, 5.74) is -0.104. The molecule has 3 saturated heterocycles. The number of furan rings is 1. The van der Waals surface area contributed by atoms with Gasteiger partial charge >= 0.3 is 0 Å². The molecule has 1 atom stereocenters. The van der Waals surface area contributed by atoms with Crippen LogP contribution >= 0.6 is 15.9 Å². The van der Waals surface area contributed by atoms with E-state index in [2.05, 4.69) is 20.8 Å². The van der Waals surface area contributed by atoms with Crippen LogP contribution in [0.15, 0.2) is 21.2 Å². The Balaban J connectivity index is 1.35. The number of carbonyl (C=O) groups excluding carboxylic acids is 1. The lowest BCUT2D eigenvalue weighted by molar-refractivity contribution is -0.0957. The minimum absolute atomic E-state index is 0.0421. The monoisotopic (exact) mass is 354 g/mol. The smallest absolute Gasteiger partial charge is 0.289 e. The summed E-state index contributed by atoms with van der Waals surface area (Å²) >= 11 is 3.23. The number of ether oxygens (including phenoxy) is 1. The Morgan fingerprint density at radius 1 is 1.29 bits per heavy atom. The van der Waals surface area contributed by atoms with E-state index < -0.39 is 0 Å². The third-order valence-electron chi connectivity index (χ3n) is 4.88. The zero-order chi connectivity index (χ0) is 14.4. The van der Waals surface area contributed by atoms with Crippen LogP contribution in [0.3, 0.4) is 0 Å². The second-order valence-electron chi connectivity index (χ2n) is 6.36. The molecule has 0 radical (unpaired) electrons. The molecular formula is C15H19BrN2O3. The van der Waals surface area contributed by atoms with Gasteiger partial charge < -0.3 is 14.1 Å². The molecule has 0 aliphatic carbocycles. The number of amides is 1. The predicted octanol–water partition coefficient (Wildman–Crippen LogP) is 2.12. The highest BCUT2D eigenvalue weighted by Gasteiger charge is 2.52. The number of carbonyl (C=O) groups is 1. The van der Waals surface area contributed by atoms with Gasteiger partial charge in [-0.3, -0.25) is 9.69 Å². The lowest BCUT2D eigenvalue weighted by atomic mass is 9.89. The summed E-state index contributed by atoms with van der Waals surface area (Å²) in [5, 5.41) is 0. The molecule has 0 bridgehead atoms. The fraction of sp³-hybridized carbons (Fsp3) is 0.667. The van der Waals surface area contributed by atoms with Crippen molar-refractivity contribution in [2.45, 2.75) is 30.9 Å². The Hall–Kier alpha value is -0.850. The molecule has 114 valence electrons. The Labute approximate surface area is 132 Å². The molecule has 4 heterocycles. The minimum atomic E-state index is -0.104. The van der Waals surface area contributed by atoms with Gasteiger partial charge in [-0.15, -0.1) is 0 Å². The van der Waals surface area contributed by atoms with Crippen LogP contribution in [0.25, 0.3) is 0 Å². The van der Waals surface area contributed by atoms with Gasteiger partial charge in [-0.2, -0.15) is 0 Å². The number of halogens is 1. The second-order valence-corrected chi connectivity index (χ2v) is 7.14. The van der Waals surface area contributed by atoms with Crippen LogP contribution in [0.5, 0.6) is 0 Å². The quantitative estimate of drug-likeness (QED) is 0.815. The largest absolute Gasteiger partial charge is 0.444 e. The molecule has 1 spiro atoms. The van der Waals surface area contributed by atoms with E-state index in [-0.39, 0.29) is 11.5 Å². The molecule has 3 fully saturated rings. The number of nitrogens with zero attached hydrogens (tertiary/aromatic N) is 2. The standard InChI is InChI=1S/C15H19BrN2O3/c16-13-4-3-12(21-13)14(19)18-9-15(10-18)7-11(8-20-15)17-5-1-2-6-17/h3-4,11H,1-2,5-10H2. The maximum Gasteiger partial charge on any atom is 0.289 e. The average molecular weight is 355 g/mol. The highest BCUT2D eigenvalue weighted by molar-refractivity contribution is 9.10. The van der Waals surface area contributed by atoms with Gasteiger partial charge in [0, 0.05) is 6.04 Å². The summed E-state index contributed by atoms with van der Waals surface area (Å²) in [4.78, 5) is 16.6. The van der Waals surface area contributed by atoms with Gasteiger partial charge in [0.25, 0.3) is 5.91 Å². The van der Waals surface area contributed by atoms with Gasteiger partial charge in [-0.25, -0.2) is 0 Å². The molecular weight excluding hydrogens is 336 g/mol. The number of rotatable bonds is 2. The van der Waals surface area contributed by atoms with E-state index in [1.165, 1.54) is 25.9 Å². The van der Waals surface area contributed by atoms with E-state index >= 15 is 0 Å². The molecule has 5 nitrogen and oxygen atoms in total. The van der Waals surface area contributed by atoms with Crippen LogP contribution in [-0.4, -0.2) is 60.1 Å². The molecule has 0 saturated carbocycles. The first-order chi connectivity index (χ1) is 10.2. The maximum absolute atomic E-state index is 12.3. The van der Waals surface area contributed by atoms with E-state index in [4.69, 9.17) is 9.15 Å². The van der Waals surface area contributed by atoms with Crippen LogP contribution in [0.2, 0.25) is 0 Å². The molecule has 3 aliphatic rings.